The molecule has 0 radical (unpaired) electrons. The second kappa shape index (κ2) is 7.59. The number of hydrogen-bond donors (Lipinski definition) is 0. The highest BCUT2D eigenvalue weighted by Crippen LogP contribution is 2.34. The van der Waals surface area contributed by atoms with Gasteiger partial charge in [-0.3, -0.25) is 19.1 Å². The Morgan fingerprint density at radius 3 is 2.77 bits per heavy atom. The lowest BCUT2D eigenvalue weighted by Crippen LogP contribution is -2.31. The predicted octanol–water partition coefficient (Wildman–Crippen LogP) is 5.11. The minimum atomic E-state index is -0.131. The minimum Gasteiger partial charge on any atom is -0.295 e. The molecule has 7 heteroatoms. The molecule has 0 fully saturated rings. The van der Waals surface area contributed by atoms with Crippen LogP contribution in [0.5, 0.6) is 0 Å². The third kappa shape index (κ3) is 3.47. The minimum absolute atomic E-state index is 0.131. The number of amides is 1. The topological polar surface area (TPSA) is 63.4 Å². The first kappa shape index (κ1) is 19.4. The van der Waals surface area contributed by atoms with E-state index in [0.717, 1.165) is 27.0 Å². The molecule has 31 heavy (non-hydrogen) atoms. The Hall–Kier alpha value is -3.58. The smallest absolute Gasteiger partial charge is 0.279 e. The number of aryl methyl sites for hydroxylation is 3. The molecular weight excluding hydrogens is 406 g/mol. The number of pyridine rings is 2. The van der Waals surface area contributed by atoms with E-state index in [0.29, 0.717) is 23.1 Å². The SMILES string of the molecule is Cc1cc(C)c2sc(N(Cc3cccnc3)C(=O)c3c(C)nc4ccccn34)nc2c1. The van der Waals surface area contributed by atoms with Crippen molar-refractivity contribution in [3.8, 4) is 0 Å². The van der Waals surface area contributed by atoms with Crippen LogP contribution in [-0.2, 0) is 6.54 Å². The molecule has 0 N–H and O–H groups in total. The molecule has 4 aromatic heterocycles. The Morgan fingerprint density at radius 1 is 1.10 bits per heavy atom. The highest BCUT2D eigenvalue weighted by molar-refractivity contribution is 7.22. The number of aromatic nitrogens is 4. The summed E-state index contributed by atoms with van der Waals surface area (Å²) in [6, 6.07) is 13.8. The van der Waals surface area contributed by atoms with Crippen molar-refractivity contribution in [3.05, 3.63) is 89.1 Å². The lowest BCUT2D eigenvalue weighted by molar-refractivity contribution is 0.0979. The fraction of sp³-hybridized carbons (Fsp3) is 0.167. The lowest BCUT2D eigenvalue weighted by Gasteiger charge is -2.20. The summed E-state index contributed by atoms with van der Waals surface area (Å²) in [5.74, 6) is -0.131. The van der Waals surface area contributed by atoms with Crippen molar-refractivity contribution < 1.29 is 4.79 Å². The van der Waals surface area contributed by atoms with Gasteiger partial charge in [-0.2, -0.15) is 0 Å². The Kier molecular flexibility index (Phi) is 4.75. The van der Waals surface area contributed by atoms with Crippen molar-refractivity contribution in [2.75, 3.05) is 4.90 Å². The van der Waals surface area contributed by atoms with E-state index in [1.165, 1.54) is 5.56 Å². The molecule has 0 saturated carbocycles. The molecule has 0 atom stereocenters. The average Bonchev–Trinajstić information content (AvgIpc) is 3.32. The van der Waals surface area contributed by atoms with Crippen LogP contribution in [0.4, 0.5) is 5.13 Å². The van der Waals surface area contributed by atoms with Gasteiger partial charge in [0.1, 0.15) is 11.3 Å². The van der Waals surface area contributed by atoms with E-state index in [9.17, 15) is 4.79 Å². The molecule has 1 amide bonds. The zero-order valence-electron chi connectivity index (χ0n) is 17.5. The maximum Gasteiger partial charge on any atom is 0.279 e. The van der Waals surface area contributed by atoms with Crippen LogP contribution in [0.1, 0.15) is 32.9 Å². The standard InChI is InChI=1S/C24H21N5OS/c1-15-11-16(2)22-19(12-15)27-24(31-22)29(14-18-7-6-9-25-13-18)23(30)21-17(3)26-20-8-4-5-10-28(20)21/h4-13H,14H2,1-3H3. The number of thiazole rings is 1. The predicted molar refractivity (Wildman–Crippen MR) is 124 cm³/mol. The van der Waals surface area contributed by atoms with E-state index < -0.39 is 0 Å². The molecule has 5 rings (SSSR count). The number of imidazole rings is 1. The highest BCUT2D eigenvalue weighted by atomic mass is 32.1. The number of benzene rings is 1. The number of hydrogen-bond acceptors (Lipinski definition) is 5. The zero-order chi connectivity index (χ0) is 21.5. The van der Waals surface area contributed by atoms with E-state index in [-0.39, 0.29) is 5.91 Å². The largest absolute Gasteiger partial charge is 0.295 e. The van der Waals surface area contributed by atoms with Crippen molar-refractivity contribution >= 4 is 38.2 Å². The molecule has 0 spiro atoms. The van der Waals surface area contributed by atoms with Gasteiger partial charge in [0.15, 0.2) is 5.13 Å². The molecule has 4 heterocycles. The van der Waals surface area contributed by atoms with Crippen molar-refractivity contribution in [2.45, 2.75) is 27.3 Å². The van der Waals surface area contributed by atoms with Gasteiger partial charge in [-0.15, -0.1) is 0 Å². The third-order valence-corrected chi connectivity index (χ3v) is 6.48. The highest BCUT2D eigenvalue weighted by Gasteiger charge is 2.26. The van der Waals surface area contributed by atoms with Crippen LogP contribution in [0, 0.1) is 20.8 Å². The summed E-state index contributed by atoms with van der Waals surface area (Å²) in [6.07, 6.45) is 5.38. The van der Waals surface area contributed by atoms with Crippen molar-refractivity contribution in [1.29, 1.82) is 0 Å². The molecule has 0 aliphatic heterocycles. The number of fused-ring (bicyclic) bond motifs is 2. The van der Waals surface area contributed by atoms with E-state index in [1.54, 1.807) is 28.6 Å². The van der Waals surface area contributed by atoms with E-state index in [1.807, 2.05) is 47.9 Å². The second-order valence-corrected chi connectivity index (χ2v) is 8.63. The van der Waals surface area contributed by atoms with Gasteiger partial charge in [-0.25, -0.2) is 9.97 Å². The van der Waals surface area contributed by atoms with Gasteiger partial charge in [0.05, 0.1) is 22.5 Å². The van der Waals surface area contributed by atoms with Crippen LogP contribution in [0.3, 0.4) is 0 Å². The Labute approximate surface area is 183 Å². The van der Waals surface area contributed by atoms with Gasteiger partial charge in [-0.05, 0) is 61.7 Å². The number of rotatable bonds is 4. The maximum absolute atomic E-state index is 13.9. The summed E-state index contributed by atoms with van der Waals surface area (Å²) in [6.45, 7) is 6.39. The molecule has 0 aliphatic rings. The van der Waals surface area contributed by atoms with E-state index in [2.05, 4.69) is 35.9 Å². The summed E-state index contributed by atoms with van der Waals surface area (Å²) in [5, 5.41) is 0.669. The van der Waals surface area contributed by atoms with Gasteiger partial charge in [0.25, 0.3) is 5.91 Å². The fourth-order valence-electron chi connectivity index (χ4n) is 3.88. The van der Waals surface area contributed by atoms with Gasteiger partial charge >= 0.3 is 0 Å². The molecule has 0 aliphatic carbocycles. The van der Waals surface area contributed by atoms with Gasteiger partial charge in [-0.1, -0.05) is 29.5 Å². The summed E-state index contributed by atoms with van der Waals surface area (Å²) in [5.41, 5.74) is 6.17. The van der Waals surface area contributed by atoms with Crippen molar-refractivity contribution in [3.63, 3.8) is 0 Å². The monoisotopic (exact) mass is 427 g/mol. The van der Waals surface area contributed by atoms with Crippen LogP contribution in [0.15, 0.2) is 61.1 Å². The molecule has 154 valence electrons. The first-order valence-corrected chi connectivity index (χ1v) is 10.8. The fourth-order valence-corrected chi connectivity index (χ4v) is 4.89. The van der Waals surface area contributed by atoms with E-state index in [4.69, 9.17) is 4.98 Å². The average molecular weight is 428 g/mol. The first-order valence-electron chi connectivity index (χ1n) is 10.0. The zero-order valence-corrected chi connectivity index (χ0v) is 18.3. The summed E-state index contributed by atoms with van der Waals surface area (Å²) >= 11 is 1.54. The lowest BCUT2D eigenvalue weighted by atomic mass is 10.1. The number of carbonyl (C=O) groups excluding carboxylic acids is 1. The summed E-state index contributed by atoms with van der Waals surface area (Å²) < 4.78 is 2.94. The second-order valence-electron chi connectivity index (χ2n) is 7.65. The molecule has 5 aromatic rings. The van der Waals surface area contributed by atoms with Crippen LogP contribution in [-0.4, -0.2) is 25.3 Å². The molecule has 6 nitrogen and oxygen atoms in total. The third-order valence-electron chi connectivity index (χ3n) is 5.26. The number of nitrogens with zero attached hydrogens (tertiary/aromatic N) is 5. The normalized spacial score (nSPS) is 11.3. The maximum atomic E-state index is 13.9. The number of carbonyl (C=O) groups is 1. The van der Waals surface area contributed by atoms with Crippen molar-refractivity contribution in [1.82, 2.24) is 19.4 Å². The first-order chi connectivity index (χ1) is 15.0. The Balaban J connectivity index is 1.66. The molecule has 0 saturated heterocycles. The molecule has 0 unspecified atom stereocenters. The number of anilines is 1. The molecular formula is C24H21N5OS. The summed E-state index contributed by atoms with van der Waals surface area (Å²) in [4.78, 5) is 29.3. The summed E-state index contributed by atoms with van der Waals surface area (Å²) in [7, 11) is 0. The van der Waals surface area contributed by atoms with Crippen LogP contribution < -0.4 is 4.90 Å². The van der Waals surface area contributed by atoms with Crippen LogP contribution >= 0.6 is 11.3 Å². The molecule has 0 bridgehead atoms. The van der Waals surface area contributed by atoms with Crippen molar-refractivity contribution in [2.24, 2.45) is 0 Å². The quantitative estimate of drug-likeness (QED) is 0.400. The van der Waals surface area contributed by atoms with Gasteiger partial charge in [0.2, 0.25) is 0 Å². The van der Waals surface area contributed by atoms with E-state index >= 15 is 0 Å². The van der Waals surface area contributed by atoms with Gasteiger partial charge < -0.3 is 0 Å². The molecule has 1 aromatic carbocycles. The Bertz CT molecular complexity index is 1420. The van der Waals surface area contributed by atoms with Crippen LogP contribution in [0.25, 0.3) is 15.9 Å². The van der Waals surface area contributed by atoms with Crippen LogP contribution in [0.2, 0.25) is 0 Å². The van der Waals surface area contributed by atoms with Gasteiger partial charge in [0, 0.05) is 18.6 Å². The Morgan fingerprint density at radius 2 is 1.97 bits per heavy atom.